The predicted molar refractivity (Wildman–Crippen MR) is 71.8 cm³/mol. The van der Waals surface area contributed by atoms with Crippen molar-refractivity contribution in [2.24, 2.45) is 11.0 Å². The first kappa shape index (κ1) is 12.2. The number of hydrogen-bond donors (Lipinski definition) is 2. The maximum atomic E-state index is 11.3. The molecular weight excluding hydrogens is 242 g/mol. The van der Waals surface area contributed by atoms with Crippen molar-refractivity contribution in [2.75, 3.05) is 0 Å². The first-order valence-electron chi connectivity index (χ1n) is 6.53. The highest BCUT2D eigenvalue weighted by molar-refractivity contribution is 6.05. The van der Waals surface area contributed by atoms with Gasteiger partial charge in [0.2, 0.25) is 5.91 Å². The van der Waals surface area contributed by atoms with Gasteiger partial charge in [-0.1, -0.05) is 6.92 Å². The normalized spacial score (nSPS) is 26.0. The average molecular weight is 259 g/mol. The van der Waals surface area contributed by atoms with E-state index in [-0.39, 0.29) is 18.1 Å². The number of rotatable bonds is 1. The molecule has 2 unspecified atom stereocenters. The van der Waals surface area contributed by atoms with Crippen molar-refractivity contribution >= 4 is 11.6 Å². The zero-order chi connectivity index (χ0) is 13.4. The van der Waals surface area contributed by atoms with Crippen LogP contribution in [-0.2, 0) is 11.3 Å². The second-order valence-electron chi connectivity index (χ2n) is 5.10. The van der Waals surface area contributed by atoms with Crippen LogP contribution >= 0.6 is 0 Å². The lowest BCUT2D eigenvalue weighted by Crippen LogP contribution is -2.35. The van der Waals surface area contributed by atoms with Gasteiger partial charge in [-0.2, -0.15) is 5.10 Å². The van der Waals surface area contributed by atoms with Crippen molar-refractivity contribution in [2.45, 2.75) is 33.0 Å². The Morgan fingerprint density at radius 3 is 3.00 bits per heavy atom. The molecule has 0 bridgehead atoms. The van der Waals surface area contributed by atoms with Crippen LogP contribution in [0.5, 0.6) is 5.75 Å². The van der Waals surface area contributed by atoms with Crippen molar-refractivity contribution < 1.29 is 9.53 Å². The number of nitrogens with zero attached hydrogens (tertiary/aromatic N) is 1. The lowest BCUT2D eigenvalue weighted by atomic mass is 9.93. The molecule has 100 valence electrons. The molecule has 0 spiro atoms. The van der Waals surface area contributed by atoms with Crippen molar-refractivity contribution in [3.8, 4) is 5.75 Å². The molecule has 19 heavy (non-hydrogen) atoms. The average Bonchev–Trinajstić information content (AvgIpc) is 2.38. The Hall–Kier alpha value is -1.88. The van der Waals surface area contributed by atoms with E-state index in [0.717, 1.165) is 29.1 Å². The Labute approximate surface area is 112 Å². The molecule has 2 heterocycles. The minimum absolute atomic E-state index is 0.0203. The van der Waals surface area contributed by atoms with Gasteiger partial charge < -0.3 is 4.74 Å². The van der Waals surface area contributed by atoms with Gasteiger partial charge in [0.15, 0.2) is 0 Å². The second kappa shape index (κ2) is 4.66. The number of fused-ring (bicyclic) bond motifs is 1. The Kier molecular flexibility index (Phi) is 2.98. The summed E-state index contributed by atoms with van der Waals surface area (Å²) in [5, 5.41) is 7.44. The van der Waals surface area contributed by atoms with Crippen LogP contribution in [0.4, 0.5) is 0 Å². The molecule has 2 N–H and O–H groups in total. The largest absolute Gasteiger partial charge is 0.475 e. The molecule has 0 fully saturated rings. The number of amides is 1. The third kappa shape index (κ3) is 2.33. The summed E-state index contributed by atoms with van der Waals surface area (Å²) in [6.45, 7) is 4.80. The summed E-state index contributed by atoms with van der Waals surface area (Å²) in [6.07, 6.45) is 0.533. The molecule has 1 aromatic carbocycles. The van der Waals surface area contributed by atoms with Crippen LogP contribution in [0.3, 0.4) is 0 Å². The van der Waals surface area contributed by atoms with E-state index in [0.29, 0.717) is 6.42 Å². The number of benzene rings is 1. The maximum Gasteiger partial charge on any atom is 0.240 e. The van der Waals surface area contributed by atoms with E-state index >= 15 is 0 Å². The standard InChI is InChI=1S/C14H17N3O2/c1-8-5-13(18)16-17-14(8)10-3-4-12-11(6-10)7-15-9(2)19-12/h3-4,6,8-9,15H,5,7H2,1-2H3,(H,16,18). The van der Waals surface area contributed by atoms with Crippen LogP contribution in [0.2, 0.25) is 0 Å². The topological polar surface area (TPSA) is 62.7 Å². The molecule has 1 aromatic rings. The monoisotopic (exact) mass is 259 g/mol. The van der Waals surface area contributed by atoms with Crippen molar-refractivity contribution in [1.82, 2.24) is 10.7 Å². The van der Waals surface area contributed by atoms with Crippen LogP contribution in [0, 0.1) is 5.92 Å². The lowest BCUT2D eigenvalue weighted by molar-refractivity contribution is -0.121. The smallest absolute Gasteiger partial charge is 0.240 e. The van der Waals surface area contributed by atoms with Gasteiger partial charge in [-0.15, -0.1) is 0 Å². The first-order chi connectivity index (χ1) is 9.13. The van der Waals surface area contributed by atoms with E-state index in [1.54, 1.807) is 0 Å². The summed E-state index contributed by atoms with van der Waals surface area (Å²) in [5.41, 5.74) is 5.66. The SMILES string of the molecule is CC1NCc2cc(C3=NNC(=O)CC3C)ccc2O1. The lowest BCUT2D eigenvalue weighted by Gasteiger charge is -2.26. The summed E-state index contributed by atoms with van der Waals surface area (Å²) < 4.78 is 5.70. The molecule has 0 aromatic heterocycles. The minimum atomic E-state index is -0.0203. The molecule has 0 aliphatic carbocycles. The summed E-state index contributed by atoms with van der Waals surface area (Å²) in [5.74, 6) is 1.04. The van der Waals surface area contributed by atoms with E-state index in [1.807, 2.05) is 26.0 Å². The number of ether oxygens (including phenoxy) is 1. The van der Waals surface area contributed by atoms with E-state index in [2.05, 4.69) is 21.9 Å². The fourth-order valence-corrected chi connectivity index (χ4v) is 2.48. The quantitative estimate of drug-likeness (QED) is 0.800. The molecular formula is C14H17N3O2. The van der Waals surface area contributed by atoms with Gasteiger partial charge in [-0.3, -0.25) is 10.1 Å². The van der Waals surface area contributed by atoms with Crippen LogP contribution < -0.4 is 15.5 Å². The van der Waals surface area contributed by atoms with Gasteiger partial charge in [0, 0.05) is 24.4 Å². The molecule has 2 atom stereocenters. The Balaban J connectivity index is 1.92. The summed E-state index contributed by atoms with van der Waals surface area (Å²) >= 11 is 0. The highest BCUT2D eigenvalue weighted by Gasteiger charge is 2.23. The molecule has 2 aliphatic heterocycles. The fraction of sp³-hybridized carbons (Fsp3) is 0.429. The van der Waals surface area contributed by atoms with Crippen LogP contribution in [0.25, 0.3) is 0 Å². The van der Waals surface area contributed by atoms with Gasteiger partial charge in [0.25, 0.3) is 0 Å². The van der Waals surface area contributed by atoms with Crippen molar-refractivity contribution in [1.29, 1.82) is 0 Å². The van der Waals surface area contributed by atoms with Gasteiger partial charge in [-0.25, -0.2) is 5.43 Å². The van der Waals surface area contributed by atoms with E-state index < -0.39 is 0 Å². The summed E-state index contributed by atoms with van der Waals surface area (Å²) in [6, 6.07) is 6.07. The molecule has 1 amide bonds. The molecule has 3 rings (SSSR count). The van der Waals surface area contributed by atoms with Gasteiger partial charge >= 0.3 is 0 Å². The van der Waals surface area contributed by atoms with Gasteiger partial charge in [-0.05, 0) is 30.7 Å². The van der Waals surface area contributed by atoms with Crippen molar-refractivity contribution in [3.05, 3.63) is 29.3 Å². The fourth-order valence-electron chi connectivity index (χ4n) is 2.48. The van der Waals surface area contributed by atoms with Crippen LogP contribution in [0.1, 0.15) is 31.4 Å². The number of carbonyl (C=O) groups excluding carboxylic acids is 1. The Morgan fingerprint density at radius 2 is 2.21 bits per heavy atom. The predicted octanol–water partition coefficient (Wildman–Crippen LogP) is 1.37. The third-order valence-electron chi connectivity index (χ3n) is 3.50. The number of carbonyl (C=O) groups is 1. The highest BCUT2D eigenvalue weighted by atomic mass is 16.5. The van der Waals surface area contributed by atoms with Crippen LogP contribution in [0.15, 0.2) is 23.3 Å². The number of hydrogen-bond acceptors (Lipinski definition) is 4. The molecule has 0 saturated carbocycles. The molecule has 5 heteroatoms. The zero-order valence-electron chi connectivity index (χ0n) is 11.1. The molecule has 5 nitrogen and oxygen atoms in total. The Bertz CT molecular complexity index is 554. The Morgan fingerprint density at radius 1 is 1.37 bits per heavy atom. The van der Waals surface area contributed by atoms with E-state index in [9.17, 15) is 4.79 Å². The second-order valence-corrected chi connectivity index (χ2v) is 5.10. The van der Waals surface area contributed by atoms with E-state index in [1.165, 1.54) is 0 Å². The highest BCUT2D eigenvalue weighted by Crippen LogP contribution is 2.26. The number of nitrogens with one attached hydrogen (secondary N) is 2. The van der Waals surface area contributed by atoms with Crippen LogP contribution in [-0.4, -0.2) is 17.8 Å². The molecule has 2 aliphatic rings. The van der Waals surface area contributed by atoms with Gasteiger partial charge in [0.05, 0.1) is 5.71 Å². The molecule has 0 radical (unpaired) electrons. The molecule has 0 saturated heterocycles. The van der Waals surface area contributed by atoms with Gasteiger partial charge in [0.1, 0.15) is 12.0 Å². The summed E-state index contributed by atoms with van der Waals surface area (Å²) in [7, 11) is 0. The van der Waals surface area contributed by atoms with E-state index in [4.69, 9.17) is 4.74 Å². The summed E-state index contributed by atoms with van der Waals surface area (Å²) in [4.78, 5) is 11.3. The minimum Gasteiger partial charge on any atom is -0.475 e. The number of hydrazone groups is 1. The van der Waals surface area contributed by atoms with Crippen molar-refractivity contribution in [3.63, 3.8) is 0 Å². The maximum absolute atomic E-state index is 11.3. The third-order valence-corrected chi connectivity index (χ3v) is 3.50. The zero-order valence-corrected chi connectivity index (χ0v) is 11.1. The first-order valence-corrected chi connectivity index (χ1v) is 6.53.